The van der Waals surface area contributed by atoms with Crippen molar-refractivity contribution in [3.8, 4) is 0 Å². The maximum absolute atomic E-state index is 11.3. The number of methoxy groups -OCH3 is 1. The van der Waals surface area contributed by atoms with Crippen LogP contribution in [-0.4, -0.2) is 43.8 Å². The van der Waals surface area contributed by atoms with Gasteiger partial charge in [0.15, 0.2) is 0 Å². The van der Waals surface area contributed by atoms with E-state index in [4.69, 9.17) is 9.53 Å². The van der Waals surface area contributed by atoms with E-state index >= 15 is 0 Å². The first-order valence-electron chi connectivity index (χ1n) is 5.18. The van der Waals surface area contributed by atoms with E-state index in [9.17, 15) is 4.79 Å². The van der Waals surface area contributed by atoms with E-state index in [0.717, 1.165) is 19.4 Å². The number of nitrogens with zero attached hydrogens (tertiary/aromatic N) is 1. The molecule has 0 aliphatic carbocycles. The predicted octanol–water partition coefficient (Wildman–Crippen LogP) is 1.58. The molecule has 0 N–H and O–H groups in total. The molecule has 0 aromatic carbocycles. The summed E-state index contributed by atoms with van der Waals surface area (Å²) >= 11 is 0. The topological polar surface area (TPSA) is 55.8 Å². The van der Waals surface area contributed by atoms with Gasteiger partial charge in [-0.15, -0.1) is 0 Å². The average molecular weight is 229 g/mol. The number of hydrogen-bond donors (Lipinski definition) is 0. The van der Waals surface area contributed by atoms with E-state index in [1.165, 1.54) is 7.11 Å². The van der Waals surface area contributed by atoms with Crippen molar-refractivity contribution >= 4 is 12.6 Å². The largest absolute Gasteiger partial charge is 0.471 e. The maximum Gasteiger partial charge on any atom is 0.410 e. The van der Waals surface area contributed by atoms with Gasteiger partial charge in [0, 0.05) is 12.6 Å². The summed E-state index contributed by atoms with van der Waals surface area (Å²) in [7, 11) is 1.31. The van der Waals surface area contributed by atoms with Crippen LogP contribution in [0.3, 0.4) is 0 Å². The van der Waals surface area contributed by atoms with Gasteiger partial charge in [-0.3, -0.25) is 4.79 Å². The van der Waals surface area contributed by atoms with Gasteiger partial charge in [-0.2, -0.15) is 0 Å². The zero-order valence-corrected chi connectivity index (χ0v) is 9.85. The van der Waals surface area contributed by atoms with Crippen molar-refractivity contribution in [3.05, 3.63) is 12.7 Å². The van der Waals surface area contributed by atoms with Gasteiger partial charge in [0.2, 0.25) is 0 Å². The minimum absolute atomic E-state index is 0.208. The molecular formula is C11H19NO4. The quantitative estimate of drug-likeness (QED) is 0.544. The zero-order valence-electron chi connectivity index (χ0n) is 9.85. The van der Waals surface area contributed by atoms with E-state index in [1.807, 2.05) is 6.92 Å². The summed E-state index contributed by atoms with van der Waals surface area (Å²) in [5.41, 5.74) is 0. The van der Waals surface area contributed by atoms with Crippen LogP contribution in [0.1, 0.15) is 19.8 Å². The van der Waals surface area contributed by atoms with Crippen LogP contribution >= 0.6 is 0 Å². The summed E-state index contributed by atoms with van der Waals surface area (Å²) in [6, 6.07) is 0.335. The fourth-order valence-electron chi connectivity index (χ4n) is 1.42. The fourth-order valence-corrected chi connectivity index (χ4v) is 1.42. The molecule has 0 saturated carbocycles. The molecule has 0 bridgehead atoms. The zero-order chi connectivity index (χ0) is 12.4. The van der Waals surface area contributed by atoms with Gasteiger partial charge in [-0.1, -0.05) is 12.7 Å². The highest BCUT2D eigenvalue weighted by atomic mass is 16.6. The molecule has 1 saturated heterocycles. The second-order valence-electron chi connectivity index (χ2n) is 3.38. The number of amides is 1. The van der Waals surface area contributed by atoms with Crippen LogP contribution in [0.2, 0.25) is 0 Å². The van der Waals surface area contributed by atoms with Crippen LogP contribution in [0.25, 0.3) is 0 Å². The standard InChI is InChI=1S/C9H15NO2.C2H4O2/c1-3-7-12-9(11)10-6-4-5-8(10)2;1-4-2-3/h3,8H,1,4-7H2,2H3;2H,1H3. The number of hydrogen-bond acceptors (Lipinski definition) is 4. The Bertz CT molecular complexity index is 230. The number of likely N-dealkylation sites (tertiary alicyclic amines) is 1. The molecule has 0 aromatic rings. The molecule has 0 spiro atoms. The molecule has 92 valence electrons. The minimum atomic E-state index is -0.208. The maximum atomic E-state index is 11.3. The van der Waals surface area contributed by atoms with Crippen molar-refractivity contribution in [1.82, 2.24) is 4.90 Å². The van der Waals surface area contributed by atoms with Crippen LogP contribution < -0.4 is 0 Å². The predicted molar refractivity (Wildman–Crippen MR) is 60.0 cm³/mol. The molecule has 5 heteroatoms. The van der Waals surface area contributed by atoms with Crippen molar-refractivity contribution in [2.24, 2.45) is 0 Å². The second kappa shape index (κ2) is 8.76. The smallest absolute Gasteiger partial charge is 0.410 e. The van der Waals surface area contributed by atoms with Gasteiger partial charge < -0.3 is 14.4 Å². The lowest BCUT2D eigenvalue weighted by Crippen LogP contribution is -2.34. The molecule has 1 fully saturated rings. The molecular weight excluding hydrogens is 210 g/mol. The first kappa shape index (κ1) is 14.5. The lowest BCUT2D eigenvalue weighted by molar-refractivity contribution is -0.126. The van der Waals surface area contributed by atoms with Crippen molar-refractivity contribution in [2.75, 3.05) is 20.3 Å². The Balaban J connectivity index is 0.000000487. The number of rotatable bonds is 3. The summed E-state index contributed by atoms with van der Waals surface area (Å²) in [5, 5.41) is 0. The Morgan fingerprint density at radius 3 is 2.62 bits per heavy atom. The Hall–Kier alpha value is -1.52. The minimum Gasteiger partial charge on any atom is -0.471 e. The van der Waals surface area contributed by atoms with Crippen molar-refractivity contribution in [2.45, 2.75) is 25.8 Å². The van der Waals surface area contributed by atoms with E-state index in [0.29, 0.717) is 19.1 Å². The molecule has 1 unspecified atom stereocenters. The third-order valence-corrected chi connectivity index (χ3v) is 2.21. The van der Waals surface area contributed by atoms with Crippen molar-refractivity contribution in [1.29, 1.82) is 0 Å². The second-order valence-corrected chi connectivity index (χ2v) is 3.38. The summed E-state index contributed by atoms with van der Waals surface area (Å²) in [5.74, 6) is 0. The van der Waals surface area contributed by atoms with Crippen LogP contribution in [0, 0.1) is 0 Å². The van der Waals surface area contributed by atoms with Crippen LogP contribution in [0.5, 0.6) is 0 Å². The first-order valence-corrected chi connectivity index (χ1v) is 5.18. The summed E-state index contributed by atoms with van der Waals surface area (Å²) in [6.07, 6.45) is 3.55. The molecule has 1 aliphatic rings. The summed E-state index contributed by atoms with van der Waals surface area (Å²) in [4.78, 5) is 22.0. The molecule has 1 amide bonds. The highest BCUT2D eigenvalue weighted by Crippen LogP contribution is 2.16. The van der Waals surface area contributed by atoms with E-state index < -0.39 is 0 Å². The molecule has 0 radical (unpaired) electrons. The number of carbonyl (C=O) groups excluding carboxylic acids is 2. The number of ether oxygens (including phenoxy) is 2. The third-order valence-electron chi connectivity index (χ3n) is 2.21. The van der Waals surface area contributed by atoms with E-state index in [-0.39, 0.29) is 6.09 Å². The highest BCUT2D eigenvalue weighted by molar-refractivity contribution is 5.68. The molecule has 1 rings (SSSR count). The normalized spacial score (nSPS) is 18.1. The highest BCUT2D eigenvalue weighted by Gasteiger charge is 2.25. The summed E-state index contributed by atoms with van der Waals surface area (Å²) < 4.78 is 8.78. The van der Waals surface area contributed by atoms with Gasteiger partial charge in [0.05, 0.1) is 7.11 Å². The molecule has 16 heavy (non-hydrogen) atoms. The van der Waals surface area contributed by atoms with Crippen LogP contribution in [-0.2, 0) is 14.3 Å². The van der Waals surface area contributed by atoms with E-state index in [2.05, 4.69) is 11.3 Å². The summed E-state index contributed by atoms with van der Waals surface area (Å²) in [6.45, 7) is 7.04. The Kier molecular flexibility index (Phi) is 7.93. The lowest BCUT2D eigenvalue weighted by Gasteiger charge is -2.19. The fraction of sp³-hybridized carbons (Fsp3) is 0.636. The van der Waals surface area contributed by atoms with Gasteiger partial charge in [-0.05, 0) is 19.8 Å². The Morgan fingerprint density at radius 2 is 2.25 bits per heavy atom. The van der Waals surface area contributed by atoms with Crippen molar-refractivity contribution in [3.63, 3.8) is 0 Å². The average Bonchev–Trinajstić information content (AvgIpc) is 2.72. The van der Waals surface area contributed by atoms with Gasteiger partial charge >= 0.3 is 6.09 Å². The SMILES string of the molecule is C=CCOC(=O)N1CCCC1C.COC=O. The molecule has 1 aliphatic heterocycles. The van der Waals surface area contributed by atoms with Gasteiger partial charge in [0.1, 0.15) is 6.61 Å². The first-order chi connectivity index (χ1) is 7.67. The van der Waals surface area contributed by atoms with Crippen LogP contribution in [0.15, 0.2) is 12.7 Å². The third kappa shape index (κ3) is 5.38. The van der Waals surface area contributed by atoms with Crippen molar-refractivity contribution < 1.29 is 19.1 Å². The monoisotopic (exact) mass is 229 g/mol. The lowest BCUT2D eigenvalue weighted by atomic mass is 10.2. The molecule has 1 atom stereocenters. The Morgan fingerprint density at radius 1 is 1.62 bits per heavy atom. The molecule has 5 nitrogen and oxygen atoms in total. The number of carbonyl (C=O) groups is 2. The molecule has 1 heterocycles. The van der Waals surface area contributed by atoms with Crippen LogP contribution in [0.4, 0.5) is 4.79 Å². The Labute approximate surface area is 96.0 Å². The van der Waals surface area contributed by atoms with Gasteiger partial charge in [0.25, 0.3) is 6.47 Å². The van der Waals surface area contributed by atoms with Gasteiger partial charge in [-0.25, -0.2) is 4.79 Å². The van der Waals surface area contributed by atoms with E-state index in [1.54, 1.807) is 11.0 Å². The molecule has 0 aromatic heterocycles.